The Morgan fingerprint density at radius 2 is 1.97 bits per heavy atom. The lowest BCUT2D eigenvalue weighted by molar-refractivity contribution is -0.142. The largest absolute Gasteiger partial charge is 0.480 e. The van der Waals surface area contributed by atoms with Gasteiger partial charge in [0.15, 0.2) is 14.6 Å². The van der Waals surface area contributed by atoms with Crippen LogP contribution in [0.25, 0.3) is 0 Å². The summed E-state index contributed by atoms with van der Waals surface area (Å²) >= 11 is 0. The lowest BCUT2D eigenvalue weighted by Crippen LogP contribution is -2.50. The molecule has 12 heteroatoms. The molecule has 194 valence electrons. The number of nitrogens with one attached hydrogen (secondary N) is 1. The summed E-state index contributed by atoms with van der Waals surface area (Å²) in [6.07, 6.45) is 4.40. The highest BCUT2D eigenvalue weighted by molar-refractivity contribution is 7.92. The number of carbonyl (C=O) groups excluding carboxylic acids is 2. The van der Waals surface area contributed by atoms with Gasteiger partial charge in [0.25, 0.3) is 5.91 Å². The van der Waals surface area contributed by atoms with Gasteiger partial charge in [-0.15, -0.1) is 0 Å². The molecule has 1 fully saturated rings. The highest BCUT2D eigenvalue weighted by atomic mass is 32.2. The summed E-state index contributed by atoms with van der Waals surface area (Å²) < 4.78 is 23.8. The van der Waals surface area contributed by atoms with E-state index in [4.69, 9.17) is 5.21 Å². The zero-order valence-electron chi connectivity index (χ0n) is 20.7. The minimum atomic E-state index is -3.86. The fourth-order valence-corrected chi connectivity index (χ4v) is 4.90. The van der Waals surface area contributed by atoms with Crippen LogP contribution in [0.2, 0.25) is 0 Å². The van der Waals surface area contributed by atoms with Crippen molar-refractivity contribution in [2.45, 2.75) is 49.9 Å². The molecule has 3 rings (SSSR count). The molecule has 1 aliphatic heterocycles. The van der Waals surface area contributed by atoms with E-state index in [0.29, 0.717) is 17.7 Å². The van der Waals surface area contributed by atoms with E-state index in [1.54, 1.807) is 31.3 Å². The molecule has 0 spiro atoms. The van der Waals surface area contributed by atoms with Crippen LogP contribution >= 0.6 is 0 Å². The molecule has 2 aliphatic rings. The van der Waals surface area contributed by atoms with Gasteiger partial charge in [-0.2, -0.15) is 0 Å². The summed E-state index contributed by atoms with van der Waals surface area (Å²) in [6.45, 7) is 1.42. The van der Waals surface area contributed by atoms with Gasteiger partial charge < -0.3 is 10.0 Å². The van der Waals surface area contributed by atoms with E-state index in [0.717, 1.165) is 19.1 Å². The molecule has 36 heavy (non-hydrogen) atoms. The van der Waals surface area contributed by atoms with Gasteiger partial charge in [-0.1, -0.05) is 11.8 Å². The molecule has 2 unspecified atom stereocenters. The molecule has 1 aromatic heterocycles. The Morgan fingerprint density at radius 1 is 1.31 bits per heavy atom. The van der Waals surface area contributed by atoms with E-state index in [9.17, 15) is 27.9 Å². The highest BCUT2D eigenvalue weighted by Crippen LogP contribution is 2.49. The number of hydrogen-bond donors (Lipinski definition) is 3. The van der Waals surface area contributed by atoms with E-state index in [1.807, 2.05) is 0 Å². The van der Waals surface area contributed by atoms with E-state index in [1.165, 1.54) is 21.9 Å². The fraction of sp³-hybridized carbons (Fsp3) is 0.542. The van der Waals surface area contributed by atoms with Crippen molar-refractivity contribution in [3.63, 3.8) is 0 Å². The summed E-state index contributed by atoms with van der Waals surface area (Å²) in [5, 5.41) is 18.3. The maximum absolute atomic E-state index is 12.8. The Balaban J connectivity index is 1.64. The number of amides is 2. The van der Waals surface area contributed by atoms with Crippen LogP contribution in [0.5, 0.6) is 0 Å². The second kappa shape index (κ2) is 9.97. The summed E-state index contributed by atoms with van der Waals surface area (Å²) in [5.74, 6) is 9.69. The normalized spacial score (nSPS) is 18.3. The molecule has 3 N–H and O–H groups in total. The first kappa shape index (κ1) is 27.3. The molecule has 0 aromatic carbocycles. The monoisotopic (exact) mass is 518 g/mol. The van der Waals surface area contributed by atoms with Gasteiger partial charge in [-0.25, -0.2) is 18.7 Å². The molecule has 0 bridgehead atoms. The Morgan fingerprint density at radius 3 is 2.47 bits per heavy atom. The molecule has 1 saturated carbocycles. The third kappa shape index (κ3) is 5.57. The quantitative estimate of drug-likeness (QED) is 0.243. The number of aliphatic carboxylic acids is 1. The van der Waals surface area contributed by atoms with Crippen LogP contribution in [0.4, 0.5) is 4.79 Å². The van der Waals surface area contributed by atoms with Gasteiger partial charge in [-0.3, -0.25) is 24.3 Å². The van der Waals surface area contributed by atoms with Crippen molar-refractivity contribution in [2.24, 2.45) is 5.41 Å². The van der Waals surface area contributed by atoms with Crippen molar-refractivity contribution >= 4 is 27.7 Å². The van der Waals surface area contributed by atoms with E-state index in [-0.39, 0.29) is 31.0 Å². The van der Waals surface area contributed by atoms with Gasteiger partial charge >= 0.3 is 12.0 Å². The number of fused-ring (bicyclic) bond motifs is 1. The van der Waals surface area contributed by atoms with Crippen LogP contribution in [0.3, 0.4) is 0 Å². The van der Waals surface area contributed by atoms with Gasteiger partial charge in [0, 0.05) is 35.7 Å². The first-order valence-corrected chi connectivity index (χ1v) is 13.2. The predicted octanol–water partition coefficient (Wildman–Crippen LogP) is 0.511. The van der Waals surface area contributed by atoms with Crippen LogP contribution in [0, 0.1) is 29.1 Å². The van der Waals surface area contributed by atoms with Gasteiger partial charge in [0.1, 0.15) is 6.04 Å². The van der Waals surface area contributed by atoms with Crippen LogP contribution in [0.15, 0.2) is 12.3 Å². The van der Waals surface area contributed by atoms with Gasteiger partial charge in [0.05, 0.1) is 6.54 Å². The number of aromatic nitrogens is 1. The maximum Gasteiger partial charge on any atom is 0.328 e. The number of sulfone groups is 1. The molecule has 2 amide bonds. The lowest BCUT2D eigenvalue weighted by Gasteiger charge is -2.27. The van der Waals surface area contributed by atoms with Crippen molar-refractivity contribution < 1.29 is 33.1 Å². The predicted molar refractivity (Wildman–Crippen MR) is 129 cm³/mol. The van der Waals surface area contributed by atoms with Crippen molar-refractivity contribution in [1.82, 2.24) is 19.8 Å². The average Bonchev–Trinajstić information content (AvgIpc) is 3.35. The van der Waals surface area contributed by atoms with Crippen molar-refractivity contribution in [1.29, 1.82) is 0 Å². The minimum Gasteiger partial charge on any atom is -0.480 e. The third-order valence-corrected chi connectivity index (χ3v) is 8.96. The molecule has 0 radical (unpaired) electrons. The molecular formula is C24H30N4O7S. The third-order valence-electron chi connectivity index (χ3n) is 6.93. The lowest BCUT2D eigenvalue weighted by atomic mass is 9.97. The van der Waals surface area contributed by atoms with Crippen LogP contribution in [-0.2, 0) is 26.0 Å². The minimum absolute atomic E-state index is 0.00361. The Bertz CT molecular complexity index is 1310. The number of carboxylic acids is 1. The molecule has 0 saturated heterocycles. The summed E-state index contributed by atoms with van der Waals surface area (Å²) in [6, 6.07) is 0.763. The van der Waals surface area contributed by atoms with Gasteiger partial charge in [0.2, 0.25) is 0 Å². The van der Waals surface area contributed by atoms with Crippen LogP contribution in [0.1, 0.15) is 43.9 Å². The van der Waals surface area contributed by atoms with E-state index < -0.39 is 32.5 Å². The Hall–Kier alpha value is -3.32. The standard InChI is InChI=1S/C24H30N4O7S/c1-23(21(31)25-33,36(4,34)35)11-12-27-16-18-13-17(15-28(18)22(27)32)7-5-6-8-24(9-10-24)14-19(20(29)30)26(2)3/h13,15,19,33H,9-12,14,16H2,1-4H3,(H,25,31)(H,29,30). The number of carboxylic acid groups (broad SMARTS) is 1. The zero-order chi connectivity index (χ0) is 26.9. The van der Waals surface area contributed by atoms with Crippen molar-refractivity contribution in [2.75, 3.05) is 26.9 Å². The second-order valence-electron chi connectivity index (χ2n) is 9.79. The smallest absolute Gasteiger partial charge is 0.328 e. The van der Waals surface area contributed by atoms with Crippen molar-refractivity contribution in [3.05, 3.63) is 23.5 Å². The first-order chi connectivity index (χ1) is 16.7. The maximum atomic E-state index is 12.8. The molecule has 2 heterocycles. The van der Waals surface area contributed by atoms with Crippen molar-refractivity contribution in [3.8, 4) is 23.7 Å². The zero-order valence-corrected chi connectivity index (χ0v) is 21.5. The fourth-order valence-electron chi connectivity index (χ4n) is 4.06. The van der Waals surface area contributed by atoms with Gasteiger partial charge in [-0.05, 0) is 64.6 Å². The molecule has 11 nitrogen and oxygen atoms in total. The number of carbonyl (C=O) groups is 3. The Labute approximate surface area is 210 Å². The second-order valence-corrected chi connectivity index (χ2v) is 12.2. The van der Waals surface area contributed by atoms with Crippen LogP contribution < -0.4 is 5.48 Å². The highest BCUT2D eigenvalue weighted by Gasteiger charge is 2.45. The summed E-state index contributed by atoms with van der Waals surface area (Å²) in [7, 11) is -0.401. The molecule has 1 aromatic rings. The first-order valence-electron chi connectivity index (χ1n) is 11.3. The van der Waals surface area contributed by atoms with E-state index in [2.05, 4.69) is 23.7 Å². The average molecular weight is 519 g/mol. The number of hydrogen-bond acceptors (Lipinski definition) is 7. The summed E-state index contributed by atoms with van der Waals surface area (Å²) in [4.78, 5) is 39.3. The summed E-state index contributed by atoms with van der Waals surface area (Å²) in [5.41, 5.74) is 2.33. The number of rotatable bonds is 9. The molecule has 1 aliphatic carbocycles. The molecular weight excluding hydrogens is 488 g/mol. The topological polar surface area (TPSA) is 149 Å². The number of hydroxylamine groups is 1. The number of nitrogens with zero attached hydrogens (tertiary/aromatic N) is 3. The van der Waals surface area contributed by atoms with E-state index >= 15 is 0 Å². The Kier molecular flexibility index (Phi) is 7.55. The number of likely N-dealkylation sites (N-methyl/N-ethyl adjacent to an activating group) is 1. The molecule has 2 atom stereocenters. The SMILES string of the molecule is CN(C)C(CC1(C#CC#Cc2cc3n(c2)C(=O)N(CCC(C)(C(=O)NO)S(C)(=O)=O)C3)CC1)C(=O)O. The van der Waals surface area contributed by atoms with Crippen LogP contribution in [-0.4, -0.2) is 88.7 Å².